The van der Waals surface area contributed by atoms with Crippen molar-refractivity contribution < 1.29 is 9.47 Å². The molecule has 10 nitrogen and oxygen atoms in total. The van der Waals surface area contributed by atoms with Gasteiger partial charge in [0.2, 0.25) is 0 Å². The molecule has 0 aliphatic rings. The van der Waals surface area contributed by atoms with Crippen molar-refractivity contribution in [1.82, 2.24) is 24.5 Å². The first-order chi connectivity index (χ1) is 16.6. The number of aromatic amines is 1. The maximum absolute atomic E-state index is 9.51. The molecule has 3 heterocycles. The van der Waals surface area contributed by atoms with Crippen molar-refractivity contribution in [3.05, 3.63) is 59.4 Å². The normalized spacial score (nSPS) is 10.8. The number of nitrogens with zero attached hydrogens (tertiary/aromatic N) is 6. The number of fused-ring (bicyclic) bond motifs is 2. The first-order valence-electron chi connectivity index (χ1n) is 10.2. The minimum Gasteiger partial charge on any atom is -0.493 e. The summed E-state index contributed by atoms with van der Waals surface area (Å²) in [5.74, 6) is 2.02. The number of anilines is 1. The lowest BCUT2D eigenvalue weighted by Gasteiger charge is -2.12. The Hall–Kier alpha value is -5.09. The van der Waals surface area contributed by atoms with Crippen LogP contribution in [0.3, 0.4) is 0 Å². The minimum atomic E-state index is -0.0735. The second-order valence-electron chi connectivity index (χ2n) is 7.45. The van der Waals surface area contributed by atoms with E-state index in [1.807, 2.05) is 48.5 Å². The first kappa shape index (κ1) is 20.8. The molecule has 0 bridgehead atoms. The highest BCUT2D eigenvalue weighted by Gasteiger charge is 2.24. The van der Waals surface area contributed by atoms with E-state index in [4.69, 9.17) is 15.2 Å². The van der Waals surface area contributed by atoms with Gasteiger partial charge in [0.05, 0.1) is 37.4 Å². The third-order valence-corrected chi connectivity index (χ3v) is 5.54. The maximum Gasteiger partial charge on any atom is 0.179 e. The summed E-state index contributed by atoms with van der Waals surface area (Å²) in [6, 6.07) is 17.0. The molecule has 3 aromatic heterocycles. The van der Waals surface area contributed by atoms with Gasteiger partial charge < -0.3 is 24.8 Å². The van der Waals surface area contributed by atoms with Gasteiger partial charge in [0.1, 0.15) is 29.3 Å². The van der Waals surface area contributed by atoms with Crippen LogP contribution in [-0.2, 0) is 6.54 Å². The molecule has 0 unspecified atom stereocenters. The SMILES string of the molecule is COc1ccc(Cn2c(N)c(-c3nc4ccccc4[nH]3)c3nc(C#N)c(C#N)nc32)cc1OC. The van der Waals surface area contributed by atoms with Crippen LogP contribution in [0.5, 0.6) is 11.5 Å². The van der Waals surface area contributed by atoms with Crippen molar-refractivity contribution in [2.75, 3.05) is 20.0 Å². The van der Waals surface area contributed by atoms with Gasteiger partial charge in [-0.3, -0.25) is 0 Å². The molecule has 34 heavy (non-hydrogen) atoms. The largest absolute Gasteiger partial charge is 0.493 e. The van der Waals surface area contributed by atoms with Gasteiger partial charge in [-0.2, -0.15) is 10.5 Å². The summed E-state index contributed by atoms with van der Waals surface area (Å²) >= 11 is 0. The number of imidazole rings is 1. The van der Waals surface area contributed by atoms with Crippen molar-refractivity contribution in [3.8, 4) is 35.0 Å². The Kier molecular flexibility index (Phi) is 4.96. The molecule has 3 N–H and O–H groups in total. The molecule has 2 aromatic carbocycles. The molecule has 0 aliphatic heterocycles. The van der Waals surface area contributed by atoms with Crippen LogP contribution in [0.25, 0.3) is 33.6 Å². The molecule has 0 saturated carbocycles. The average Bonchev–Trinajstić information content (AvgIpc) is 3.41. The van der Waals surface area contributed by atoms with E-state index in [1.54, 1.807) is 24.9 Å². The minimum absolute atomic E-state index is 0.0720. The Morgan fingerprint density at radius 2 is 1.71 bits per heavy atom. The standard InChI is InChI=1S/C24H18N8O2/c1-33-18-8-7-13(9-19(18)34-2)12-32-22(27)20(23-29-14-5-3-4-6-15(14)30-23)21-24(32)31-17(11-26)16(10-25)28-21/h3-9H,12,27H2,1-2H3,(H,29,30). The fraction of sp³-hybridized carbons (Fsp3) is 0.125. The highest BCUT2D eigenvalue weighted by molar-refractivity contribution is 5.98. The third kappa shape index (κ3) is 3.22. The molecule has 0 radical (unpaired) electrons. The number of hydrogen-bond donors (Lipinski definition) is 2. The van der Waals surface area contributed by atoms with Crippen LogP contribution in [0.4, 0.5) is 5.82 Å². The fourth-order valence-corrected chi connectivity index (χ4v) is 3.93. The van der Waals surface area contributed by atoms with Crippen molar-refractivity contribution in [2.45, 2.75) is 6.54 Å². The number of ether oxygens (including phenoxy) is 2. The molecule has 5 rings (SSSR count). The molecular weight excluding hydrogens is 432 g/mol. The van der Waals surface area contributed by atoms with Crippen LogP contribution >= 0.6 is 0 Å². The predicted molar refractivity (Wildman–Crippen MR) is 125 cm³/mol. The first-order valence-corrected chi connectivity index (χ1v) is 10.2. The number of rotatable bonds is 5. The Labute approximate surface area is 193 Å². The number of H-pyrrole nitrogens is 1. The molecule has 0 atom stereocenters. The molecule has 0 saturated heterocycles. The van der Waals surface area contributed by atoms with Crippen LogP contribution < -0.4 is 15.2 Å². The van der Waals surface area contributed by atoms with Gasteiger partial charge in [0, 0.05) is 0 Å². The van der Waals surface area contributed by atoms with Gasteiger partial charge in [-0.05, 0) is 29.8 Å². The molecule has 0 amide bonds. The highest BCUT2D eigenvalue weighted by Crippen LogP contribution is 2.36. The van der Waals surface area contributed by atoms with E-state index in [0.717, 1.165) is 16.6 Å². The van der Waals surface area contributed by atoms with Crippen LogP contribution in [0, 0.1) is 22.7 Å². The summed E-state index contributed by atoms with van der Waals surface area (Å²) in [7, 11) is 3.13. The highest BCUT2D eigenvalue weighted by atomic mass is 16.5. The number of hydrogen-bond acceptors (Lipinski definition) is 8. The van der Waals surface area contributed by atoms with Gasteiger partial charge >= 0.3 is 0 Å². The van der Waals surface area contributed by atoms with Gasteiger partial charge in [-0.25, -0.2) is 15.0 Å². The average molecular weight is 450 g/mol. The van der Waals surface area contributed by atoms with Crippen LogP contribution in [-0.4, -0.2) is 38.7 Å². The Bertz CT molecular complexity index is 1620. The van der Waals surface area contributed by atoms with Crippen molar-refractivity contribution in [1.29, 1.82) is 10.5 Å². The second-order valence-corrected chi connectivity index (χ2v) is 7.45. The van der Waals surface area contributed by atoms with E-state index in [2.05, 4.69) is 19.9 Å². The maximum atomic E-state index is 9.51. The predicted octanol–water partition coefficient (Wildman–Crippen LogP) is 3.37. The zero-order valence-electron chi connectivity index (χ0n) is 18.3. The lowest BCUT2D eigenvalue weighted by Crippen LogP contribution is -2.07. The van der Waals surface area contributed by atoms with E-state index < -0.39 is 0 Å². The van der Waals surface area contributed by atoms with E-state index in [1.165, 1.54) is 0 Å². The van der Waals surface area contributed by atoms with E-state index in [-0.39, 0.29) is 11.4 Å². The van der Waals surface area contributed by atoms with Crippen molar-refractivity contribution >= 4 is 28.0 Å². The zero-order valence-corrected chi connectivity index (χ0v) is 18.3. The number of nitrogens with two attached hydrogens (primary N) is 1. The van der Waals surface area contributed by atoms with Gasteiger partial charge in [0.15, 0.2) is 28.5 Å². The summed E-state index contributed by atoms with van der Waals surface area (Å²) < 4.78 is 12.5. The number of nitrogen functional groups attached to an aromatic ring is 1. The van der Waals surface area contributed by atoms with Crippen LogP contribution in [0.2, 0.25) is 0 Å². The lowest BCUT2D eigenvalue weighted by molar-refractivity contribution is 0.354. The van der Waals surface area contributed by atoms with Crippen LogP contribution in [0.15, 0.2) is 42.5 Å². The summed E-state index contributed by atoms with van der Waals surface area (Å²) in [4.78, 5) is 16.8. The van der Waals surface area contributed by atoms with Crippen LogP contribution in [0.1, 0.15) is 17.0 Å². The second kappa shape index (κ2) is 8.11. The Balaban J connectivity index is 1.76. The third-order valence-electron chi connectivity index (χ3n) is 5.54. The number of para-hydroxylation sites is 2. The summed E-state index contributed by atoms with van der Waals surface area (Å²) in [6.07, 6.45) is 0. The number of nitrogens with one attached hydrogen (secondary N) is 1. The molecule has 166 valence electrons. The number of nitriles is 2. The Morgan fingerprint density at radius 3 is 2.41 bits per heavy atom. The van der Waals surface area contributed by atoms with Gasteiger partial charge in [-0.1, -0.05) is 18.2 Å². The van der Waals surface area contributed by atoms with E-state index >= 15 is 0 Å². The molecule has 5 aromatic rings. The summed E-state index contributed by atoms with van der Waals surface area (Å²) in [5, 5.41) is 19.0. The number of methoxy groups -OCH3 is 2. The molecule has 0 fully saturated rings. The van der Waals surface area contributed by atoms with Crippen molar-refractivity contribution in [2.24, 2.45) is 0 Å². The molecule has 10 heteroatoms. The topological polar surface area (TPSA) is 151 Å². The van der Waals surface area contributed by atoms with Gasteiger partial charge in [-0.15, -0.1) is 0 Å². The lowest BCUT2D eigenvalue weighted by atomic mass is 10.2. The van der Waals surface area contributed by atoms with E-state index in [9.17, 15) is 10.5 Å². The van der Waals surface area contributed by atoms with Gasteiger partial charge in [0.25, 0.3) is 0 Å². The summed E-state index contributed by atoms with van der Waals surface area (Å²) in [6.45, 7) is 0.314. The van der Waals surface area contributed by atoms with Crippen molar-refractivity contribution in [3.63, 3.8) is 0 Å². The molecular formula is C24H18N8O2. The number of benzene rings is 2. The Morgan fingerprint density at radius 1 is 0.971 bits per heavy atom. The smallest absolute Gasteiger partial charge is 0.179 e. The summed E-state index contributed by atoms with van der Waals surface area (Å²) in [5.41, 5.74) is 10.2. The monoisotopic (exact) mass is 450 g/mol. The molecule has 0 spiro atoms. The van der Waals surface area contributed by atoms with E-state index in [0.29, 0.717) is 46.4 Å². The fourth-order valence-electron chi connectivity index (χ4n) is 3.93. The number of aromatic nitrogens is 5. The molecule has 0 aliphatic carbocycles. The zero-order chi connectivity index (χ0) is 23.8. The quantitative estimate of drug-likeness (QED) is 0.413.